The van der Waals surface area contributed by atoms with Gasteiger partial charge in [-0.3, -0.25) is 4.79 Å². The summed E-state index contributed by atoms with van der Waals surface area (Å²) in [6, 6.07) is -0.125. The first kappa shape index (κ1) is 23.1. The summed E-state index contributed by atoms with van der Waals surface area (Å²) in [6.07, 6.45) is 1.25. The molecular formula is C20H32F2N4O3. The van der Waals surface area contributed by atoms with Crippen molar-refractivity contribution in [2.24, 2.45) is 0 Å². The smallest absolute Gasteiger partial charge is 0.410 e. The number of amides is 2. The first-order chi connectivity index (χ1) is 13.4. The maximum atomic E-state index is 13.1. The number of alkyl halides is 2. The van der Waals surface area contributed by atoms with Crippen LogP contribution >= 0.6 is 0 Å². The van der Waals surface area contributed by atoms with Crippen LogP contribution in [0.3, 0.4) is 0 Å². The van der Waals surface area contributed by atoms with E-state index < -0.39 is 12.2 Å². The van der Waals surface area contributed by atoms with Crippen LogP contribution in [0, 0.1) is 13.8 Å². The lowest BCUT2D eigenvalue weighted by Crippen LogP contribution is -2.57. The van der Waals surface area contributed by atoms with Gasteiger partial charge in [-0.2, -0.15) is 13.9 Å². The molecule has 2 rings (SSSR count). The summed E-state index contributed by atoms with van der Waals surface area (Å²) in [5.41, 5.74) is 0.713. The van der Waals surface area contributed by atoms with Gasteiger partial charge in [-0.15, -0.1) is 0 Å². The number of carbonyl (C=O) groups excluding carboxylic acids is 2. The fourth-order valence-corrected chi connectivity index (χ4v) is 3.65. The Morgan fingerprint density at radius 1 is 1.24 bits per heavy atom. The average Bonchev–Trinajstić information content (AvgIpc) is 2.88. The molecule has 1 aromatic rings. The van der Waals surface area contributed by atoms with Crippen molar-refractivity contribution in [3.63, 3.8) is 0 Å². The number of hydrogen-bond acceptors (Lipinski definition) is 4. The van der Waals surface area contributed by atoms with Crippen molar-refractivity contribution in [2.75, 3.05) is 19.6 Å². The second kappa shape index (κ2) is 9.09. The molecule has 164 valence electrons. The van der Waals surface area contributed by atoms with Crippen LogP contribution < -0.4 is 0 Å². The minimum absolute atomic E-state index is 0.0248. The van der Waals surface area contributed by atoms with E-state index in [2.05, 4.69) is 5.10 Å². The van der Waals surface area contributed by atoms with Gasteiger partial charge in [0.1, 0.15) is 5.60 Å². The summed E-state index contributed by atoms with van der Waals surface area (Å²) >= 11 is 0. The van der Waals surface area contributed by atoms with E-state index in [1.54, 1.807) is 23.6 Å². The number of carbonyl (C=O) groups is 2. The highest BCUT2D eigenvalue weighted by Gasteiger charge is 2.34. The molecule has 0 bridgehead atoms. The number of rotatable bonds is 5. The fourth-order valence-electron chi connectivity index (χ4n) is 3.65. The molecule has 29 heavy (non-hydrogen) atoms. The fraction of sp³-hybridized carbons (Fsp3) is 0.750. The minimum Gasteiger partial charge on any atom is -0.444 e. The second-order valence-corrected chi connectivity index (χ2v) is 8.50. The number of aryl methyl sites for hydroxylation is 1. The monoisotopic (exact) mass is 414 g/mol. The molecule has 1 aliphatic heterocycles. The Morgan fingerprint density at radius 3 is 2.41 bits per heavy atom. The zero-order chi connectivity index (χ0) is 21.9. The highest BCUT2D eigenvalue weighted by Crippen LogP contribution is 2.23. The van der Waals surface area contributed by atoms with Crippen molar-refractivity contribution in [1.82, 2.24) is 19.6 Å². The van der Waals surface area contributed by atoms with Crippen molar-refractivity contribution >= 4 is 12.0 Å². The van der Waals surface area contributed by atoms with E-state index in [-0.39, 0.29) is 24.5 Å². The number of nitrogens with zero attached hydrogens (tertiary/aromatic N) is 4. The van der Waals surface area contributed by atoms with Crippen molar-refractivity contribution in [1.29, 1.82) is 0 Å². The Balaban J connectivity index is 2.12. The van der Waals surface area contributed by atoms with Crippen LogP contribution in [-0.2, 0) is 16.0 Å². The molecule has 0 aromatic carbocycles. The van der Waals surface area contributed by atoms with Crippen LogP contribution in [0.5, 0.6) is 0 Å². The Bertz CT molecular complexity index is 743. The van der Waals surface area contributed by atoms with Crippen LogP contribution in [0.4, 0.5) is 13.6 Å². The molecule has 2 heterocycles. The van der Waals surface area contributed by atoms with Gasteiger partial charge in [0, 0.05) is 36.9 Å². The molecule has 1 fully saturated rings. The molecule has 0 saturated carbocycles. The van der Waals surface area contributed by atoms with E-state index in [4.69, 9.17) is 4.74 Å². The van der Waals surface area contributed by atoms with Crippen LogP contribution in [0.2, 0.25) is 0 Å². The first-order valence-corrected chi connectivity index (χ1v) is 10.0. The van der Waals surface area contributed by atoms with Gasteiger partial charge < -0.3 is 14.5 Å². The molecule has 1 atom stereocenters. The van der Waals surface area contributed by atoms with Gasteiger partial charge in [0.15, 0.2) is 0 Å². The lowest BCUT2D eigenvalue weighted by molar-refractivity contribution is -0.135. The maximum Gasteiger partial charge on any atom is 0.410 e. The molecular weight excluding hydrogens is 382 g/mol. The molecule has 0 aliphatic carbocycles. The summed E-state index contributed by atoms with van der Waals surface area (Å²) < 4.78 is 32.2. The van der Waals surface area contributed by atoms with Gasteiger partial charge >= 0.3 is 12.6 Å². The zero-order valence-electron chi connectivity index (χ0n) is 18.2. The quantitative estimate of drug-likeness (QED) is 0.737. The lowest BCUT2D eigenvalue weighted by atomic mass is 10.0. The van der Waals surface area contributed by atoms with Crippen molar-refractivity contribution in [2.45, 2.75) is 79.0 Å². The SMILES string of the molecule is CCCC1CN(C(=O)OC(C)(C)C)CCN1C(=O)Cc1c(C)nn(C(F)F)c1C. The summed E-state index contributed by atoms with van der Waals surface area (Å²) in [5.74, 6) is -0.132. The highest BCUT2D eigenvalue weighted by atomic mass is 19.3. The third-order valence-electron chi connectivity index (χ3n) is 5.06. The summed E-state index contributed by atoms with van der Waals surface area (Å²) in [7, 11) is 0. The Labute approximate surface area is 171 Å². The molecule has 1 aromatic heterocycles. The first-order valence-electron chi connectivity index (χ1n) is 10.0. The number of ether oxygens (including phenoxy) is 1. The number of halogens is 2. The predicted octanol–water partition coefficient (Wildman–Crippen LogP) is 3.69. The average molecular weight is 414 g/mol. The van der Waals surface area contributed by atoms with E-state index in [0.29, 0.717) is 41.3 Å². The Kier molecular flexibility index (Phi) is 7.24. The molecule has 7 nitrogen and oxygen atoms in total. The molecule has 1 aliphatic rings. The van der Waals surface area contributed by atoms with Crippen molar-refractivity contribution in [3.8, 4) is 0 Å². The van der Waals surface area contributed by atoms with Gasteiger partial charge in [0.2, 0.25) is 5.91 Å². The van der Waals surface area contributed by atoms with Crippen molar-refractivity contribution < 1.29 is 23.1 Å². The Morgan fingerprint density at radius 2 is 1.90 bits per heavy atom. The third kappa shape index (κ3) is 5.67. The van der Waals surface area contributed by atoms with E-state index >= 15 is 0 Å². The van der Waals surface area contributed by atoms with E-state index in [1.165, 1.54) is 0 Å². The second-order valence-electron chi connectivity index (χ2n) is 8.50. The third-order valence-corrected chi connectivity index (χ3v) is 5.06. The number of hydrogen-bond donors (Lipinski definition) is 0. The molecule has 0 radical (unpaired) electrons. The predicted molar refractivity (Wildman–Crippen MR) is 105 cm³/mol. The molecule has 9 heteroatoms. The largest absolute Gasteiger partial charge is 0.444 e. The topological polar surface area (TPSA) is 67.7 Å². The molecule has 1 unspecified atom stereocenters. The normalized spacial score (nSPS) is 17.8. The molecule has 2 amide bonds. The highest BCUT2D eigenvalue weighted by molar-refractivity contribution is 5.80. The summed E-state index contributed by atoms with van der Waals surface area (Å²) in [5, 5.41) is 3.86. The van der Waals surface area contributed by atoms with Crippen LogP contribution in [0.15, 0.2) is 0 Å². The van der Waals surface area contributed by atoms with Gasteiger partial charge in [0.05, 0.1) is 12.1 Å². The maximum absolute atomic E-state index is 13.1. The zero-order valence-corrected chi connectivity index (χ0v) is 18.2. The Hall–Kier alpha value is -2.19. The molecule has 0 N–H and O–H groups in total. The molecule has 0 spiro atoms. The van der Waals surface area contributed by atoms with Crippen LogP contribution in [-0.4, -0.2) is 62.9 Å². The van der Waals surface area contributed by atoms with Gasteiger partial charge in [0.25, 0.3) is 0 Å². The lowest BCUT2D eigenvalue weighted by Gasteiger charge is -2.41. The summed E-state index contributed by atoms with van der Waals surface area (Å²) in [6.45, 7) is 9.12. The van der Waals surface area contributed by atoms with E-state index in [0.717, 1.165) is 12.8 Å². The van der Waals surface area contributed by atoms with Crippen LogP contribution in [0.25, 0.3) is 0 Å². The van der Waals surface area contributed by atoms with Gasteiger partial charge in [-0.05, 0) is 41.0 Å². The van der Waals surface area contributed by atoms with Gasteiger partial charge in [-0.1, -0.05) is 13.3 Å². The van der Waals surface area contributed by atoms with Crippen LogP contribution in [0.1, 0.15) is 64.0 Å². The standard InChI is InChI=1S/C20H32F2N4O3/c1-7-8-15-12-24(19(28)29-20(4,5)6)9-10-25(15)17(27)11-16-13(2)23-26(14(16)3)18(21)22/h15,18H,7-12H2,1-6H3. The number of aromatic nitrogens is 2. The van der Waals surface area contributed by atoms with Gasteiger partial charge in [-0.25, -0.2) is 9.48 Å². The molecule has 1 saturated heterocycles. The van der Waals surface area contributed by atoms with E-state index in [1.807, 2.05) is 27.7 Å². The van der Waals surface area contributed by atoms with Crippen molar-refractivity contribution in [3.05, 3.63) is 17.0 Å². The number of piperazine rings is 1. The van der Waals surface area contributed by atoms with E-state index in [9.17, 15) is 18.4 Å². The minimum atomic E-state index is -2.73. The summed E-state index contributed by atoms with van der Waals surface area (Å²) in [4.78, 5) is 28.8.